The van der Waals surface area contributed by atoms with E-state index in [4.69, 9.17) is 9.72 Å². The molecule has 0 spiro atoms. The number of carbonyl (C=O) groups excluding carboxylic acids is 2. The van der Waals surface area contributed by atoms with Crippen molar-refractivity contribution in [2.24, 2.45) is 5.92 Å². The van der Waals surface area contributed by atoms with Crippen LogP contribution in [0.1, 0.15) is 51.7 Å². The van der Waals surface area contributed by atoms with Crippen LogP contribution in [0.2, 0.25) is 0 Å². The molecule has 2 heterocycles. The number of aromatic nitrogens is 1. The number of nitrogens with zero attached hydrogens (tertiary/aromatic N) is 2. The first-order chi connectivity index (χ1) is 18.0. The number of amides is 1. The van der Waals surface area contributed by atoms with Gasteiger partial charge in [0.15, 0.2) is 6.61 Å². The van der Waals surface area contributed by atoms with Crippen molar-refractivity contribution in [2.45, 2.75) is 39.0 Å². The predicted molar refractivity (Wildman–Crippen MR) is 144 cm³/mol. The Balaban J connectivity index is 1.24. The fourth-order valence-electron chi connectivity index (χ4n) is 5.51. The third kappa shape index (κ3) is 4.17. The average Bonchev–Trinajstić information content (AvgIpc) is 3.27. The number of fused-ring (bicyclic) bond motifs is 5. The second-order valence-corrected chi connectivity index (χ2v) is 10.8. The number of aryl methyl sites for hydroxylation is 2. The maximum Gasteiger partial charge on any atom is 0.339 e. The van der Waals surface area contributed by atoms with E-state index in [2.05, 4.69) is 30.4 Å². The minimum absolute atomic E-state index is 0.427. The van der Waals surface area contributed by atoms with Gasteiger partial charge < -0.3 is 10.1 Å². The van der Waals surface area contributed by atoms with Crippen LogP contribution in [-0.2, 0) is 35.2 Å². The SMILES string of the molecule is CC1CCc2nc3ccccc3c(C(=O)OCC(=O)Nc3sc4c(c3C#N)CCc3ccccc3-4)c2C1. The van der Waals surface area contributed by atoms with Crippen LogP contribution in [0, 0.1) is 17.2 Å². The third-order valence-electron chi connectivity index (χ3n) is 7.32. The summed E-state index contributed by atoms with van der Waals surface area (Å²) in [5, 5.41) is 13.9. The fraction of sp³-hybridized carbons (Fsp3) is 0.267. The summed E-state index contributed by atoms with van der Waals surface area (Å²) in [5.74, 6) is -0.527. The molecule has 184 valence electrons. The molecule has 1 atom stereocenters. The Hall–Kier alpha value is -4.02. The van der Waals surface area contributed by atoms with Gasteiger partial charge in [-0.15, -0.1) is 11.3 Å². The van der Waals surface area contributed by atoms with Crippen molar-refractivity contribution in [3.63, 3.8) is 0 Å². The number of para-hydroxylation sites is 1. The maximum absolute atomic E-state index is 13.3. The Bertz CT molecular complexity index is 1610. The normalized spacial score (nSPS) is 15.7. The lowest BCUT2D eigenvalue weighted by Crippen LogP contribution is -2.23. The molecule has 0 radical (unpaired) electrons. The highest BCUT2D eigenvalue weighted by atomic mass is 32.1. The first-order valence-electron chi connectivity index (χ1n) is 12.5. The molecule has 1 unspecified atom stereocenters. The van der Waals surface area contributed by atoms with Gasteiger partial charge >= 0.3 is 5.97 Å². The summed E-state index contributed by atoms with van der Waals surface area (Å²) in [5.41, 5.74) is 6.97. The highest BCUT2D eigenvalue weighted by Gasteiger charge is 2.28. The second kappa shape index (κ2) is 9.45. The van der Waals surface area contributed by atoms with E-state index >= 15 is 0 Å². The van der Waals surface area contributed by atoms with E-state index in [1.54, 1.807) is 0 Å². The van der Waals surface area contributed by atoms with Gasteiger partial charge in [-0.05, 0) is 66.3 Å². The Morgan fingerprint density at radius 1 is 1.11 bits per heavy atom. The molecule has 0 saturated carbocycles. The van der Waals surface area contributed by atoms with Gasteiger partial charge in [0.1, 0.15) is 11.1 Å². The first-order valence-corrected chi connectivity index (χ1v) is 13.4. The number of nitrogens with one attached hydrogen (secondary N) is 1. The number of rotatable bonds is 4. The number of pyridine rings is 1. The number of anilines is 1. The molecule has 2 aromatic carbocycles. The molecule has 2 aliphatic rings. The fourth-order valence-corrected chi connectivity index (χ4v) is 6.79. The number of nitriles is 1. The largest absolute Gasteiger partial charge is 0.452 e. The minimum atomic E-state index is -0.515. The monoisotopic (exact) mass is 507 g/mol. The van der Waals surface area contributed by atoms with Gasteiger partial charge in [-0.25, -0.2) is 4.79 Å². The van der Waals surface area contributed by atoms with Gasteiger partial charge in [-0.3, -0.25) is 9.78 Å². The molecular weight excluding hydrogens is 482 g/mol. The van der Waals surface area contributed by atoms with E-state index in [0.717, 1.165) is 70.3 Å². The molecule has 0 bridgehead atoms. The smallest absolute Gasteiger partial charge is 0.339 e. The quantitative estimate of drug-likeness (QED) is 0.350. The Labute approximate surface area is 218 Å². The van der Waals surface area contributed by atoms with Crippen molar-refractivity contribution >= 4 is 39.1 Å². The van der Waals surface area contributed by atoms with Crippen LogP contribution in [0.5, 0.6) is 0 Å². The Morgan fingerprint density at radius 2 is 1.92 bits per heavy atom. The summed E-state index contributed by atoms with van der Waals surface area (Å²) in [6.45, 7) is 1.75. The van der Waals surface area contributed by atoms with E-state index in [9.17, 15) is 14.9 Å². The molecule has 2 aliphatic carbocycles. The minimum Gasteiger partial charge on any atom is -0.452 e. The first kappa shape index (κ1) is 23.4. The zero-order valence-electron chi connectivity index (χ0n) is 20.5. The van der Waals surface area contributed by atoms with Crippen LogP contribution in [0.3, 0.4) is 0 Å². The highest BCUT2D eigenvalue weighted by molar-refractivity contribution is 7.20. The predicted octanol–water partition coefficient (Wildman–Crippen LogP) is 5.85. The average molecular weight is 508 g/mol. The molecule has 4 aromatic rings. The molecule has 1 N–H and O–H groups in total. The summed E-state index contributed by atoms with van der Waals surface area (Å²) >= 11 is 1.41. The van der Waals surface area contributed by atoms with Crippen LogP contribution >= 0.6 is 11.3 Å². The van der Waals surface area contributed by atoms with Gasteiger partial charge in [0, 0.05) is 16.0 Å². The zero-order chi connectivity index (χ0) is 25.5. The molecule has 6 rings (SSSR count). The number of benzene rings is 2. The zero-order valence-corrected chi connectivity index (χ0v) is 21.3. The number of hydrogen-bond acceptors (Lipinski definition) is 6. The van der Waals surface area contributed by atoms with Crippen molar-refractivity contribution in [3.05, 3.63) is 82.0 Å². The Kier molecular flexibility index (Phi) is 5.97. The van der Waals surface area contributed by atoms with Crippen LogP contribution in [0.4, 0.5) is 5.00 Å². The Morgan fingerprint density at radius 3 is 2.78 bits per heavy atom. The summed E-state index contributed by atoms with van der Waals surface area (Å²) < 4.78 is 5.55. The topological polar surface area (TPSA) is 92.1 Å². The van der Waals surface area contributed by atoms with E-state index in [1.807, 2.05) is 36.4 Å². The third-order valence-corrected chi connectivity index (χ3v) is 8.50. The van der Waals surface area contributed by atoms with Gasteiger partial charge in [-0.2, -0.15) is 5.26 Å². The van der Waals surface area contributed by atoms with Crippen LogP contribution in [0.25, 0.3) is 21.3 Å². The summed E-state index contributed by atoms with van der Waals surface area (Å²) in [4.78, 5) is 32.0. The number of hydrogen-bond donors (Lipinski definition) is 1. The molecule has 6 nitrogen and oxygen atoms in total. The van der Waals surface area contributed by atoms with Crippen molar-refractivity contribution in [3.8, 4) is 16.5 Å². The molecule has 0 saturated heterocycles. The summed E-state index contributed by atoms with van der Waals surface area (Å²) in [7, 11) is 0. The molecule has 0 fully saturated rings. The van der Waals surface area contributed by atoms with Crippen molar-refractivity contribution < 1.29 is 14.3 Å². The second-order valence-electron chi connectivity index (χ2n) is 9.78. The number of esters is 1. The maximum atomic E-state index is 13.3. The van der Waals surface area contributed by atoms with Crippen LogP contribution in [-0.4, -0.2) is 23.5 Å². The molecule has 37 heavy (non-hydrogen) atoms. The molecular formula is C30H25N3O3S. The standard InChI is InChI=1S/C30H25N3O3S/c1-17-10-13-25-22(14-17)27(21-8-4-5-9-24(21)32-25)30(35)36-16-26(34)33-29-23(15-31)20-12-11-18-6-2-3-7-19(18)28(20)37-29/h2-9,17H,10-14,16H2,1H3,(H,33,34). The number of thiophene rings is 1. The van der Waals surface area contributed by atoms with Crippen LogP contribution in [0.15, 0.2) is 48.5 Å². The number of ether oxygens (including phenoxy) is 1. The summed E-state index contributed by atoms with van der Waals surface area (Å²) in [6.07, 6.45) is 4.24. The van der Waals surface area contributed by atoms with Crippen molar-refractivity contribution in [1.82, 2.24) is 4.98 Å². The lowest BCUT2D eigenvalue weighted by molar-refractivity contribution is -0.119. The van der Waals surface area contributed by atoms with E-state index in [0.29, 0.717) is 22.0 Å². The van der Waals surface area contributed by atoms with Gasteiger partial charge in [0.25, 0.3) is 5.91 Å². The van der Waals surface area contributed by atoms with Crippen LogP contribution < -0.4 is 5.32 Å². The molecule has 0 aliphatic heterocycles. The van der Waals surface area contributed by atoms with E-state index in [1.165, 1.54) is 16.9 Å². The molecule has 7 heteroatoms. The molecule has 1 amide bonds. The molecule has 2 aromatic heterocycles. The van der Waals surface area contributed by atoms with Gasteiger partial charge in [0.2, 0.25) is 0 Å². The van der Waals surface area contributed by atoms with Gasteiger partial charge in [-0.1, -0.05) is 49.4 Å². The van der Waals surface area contributed by atoms with E-state index in [-0.39, 0.29) is 0 Å². The lowest BCUT2D eigenvalue weighted by atomic mass is 9.84. The summed E-state index contributed by atoms with van der Waals surface area (Å²) in [6, 6.07) is 18.0. The number of carbonyl (C=O) groups is 2. The lowest BCUT2D eigenvalue weighted by Gasteiger charge is -2.24. The highest BCUT2D eigenvalue weighted by Crippen LogP contribution is 2.44. The van der Waals surface area contributed by atoms with Gasteiger partial charge in [0.05, 0.1) is 16.6 Å². The van der Waals surface area contributed by atoms with E-state index < -0.39 is 18.5 Å². The van der Waals surface area contributed by atoms with Crippen molar-refractivity contribution in [1.29, 1.82) is 5.26 Å². The van der Waals surface area contributed by atoms with Crippen molar-refractivity contribution in [2.75, 3.05) is 11.9 Å².